The highest BCUT2D eigenvalue weighted by Gasteiger charge is 2.40. The van der Waals surface area contributed by atoms with Crippen molar-refractivity contribution in [2.75, 3.05) is 5.32 Å². The van der Waals surface area contributed by atoms with Crippen LogP contribution in [0.4, 0.5) is 10.1 Å². The third kappa shape index (κ3) is 6.51. The molecule has 0 radical (unpaired) electrons. The SMILES string of the molecule is CC(=O)c1cn(CC(=O)N2[C@H](I)CC[C@H]2C(=O)Nc2cccc(-c3ccccc3Cl)c2F)c2ccc(Oc3ncc(Br)cn3)cc12. The summed E-state index contributed by atoms with van der Waals surface area (Å²) in [5.74, 6) is -1.16. The third-order valence-electron chi connectivity index (χ3n) is 7.67. The molecule has 46 heavy (non-hydrogen) atoms. The monoisotopic (exact) mass is 815 g/mol. The number of hydrogen-bond acceptors (Lipinski definition) is 6. The van der Waals surface area contributed by atoms with Gasteiger partial charge < -0.3 is 19.5 Å². The van der Waals surface area contributed by atoms with E-state index >= 15 is 4.39 Å². The molecule has 0 unspecified atom stereocenters. The van der Waals surface area contributed by atoms with Gasteiger partial charge in [0, 0.05) is 51.2 Å². The molecule has 5 aromatic rings. The zero-order chi connectivity index (χ0) is 32.5. The molecule has 1 saturated heterocycles. The molecule has 3 heterocycles. The largest absolute Gasteiger partial charge is 0.424 e. The Bertz CT molecular complexity index is 1990. The number of carbonyl (C=O) groups excluding carboxylic acids is 3. The first-order valence-corrected chi connectivity index (χ1v) is 16.6. The van der Waals surface area contributed by atoms with E-state index in [0.717, 1.165) is 0 Å². The van der Waals surface area contributed by atoms with Gasteiger partial charge in [0.05, 0.1) is 14.2 Å². The number of likely N-dealkylation sites (tertiary alicyclic amines) is 1. The van der Waals surface area contributed by atoms with E-state index in [1.807, 2.05) is 0 Å². The number of nitrogens with one attached hydrogen (secondary N) is 1. The number of halogens is 4. The van der Waals surface area contributed by atoms with E-state index in [9.17, 15) is 14.4 Å². The molecule has 1 aliphatic rings. The van der Waals surface area contributed by atoms with Gasteiger partial charge in [-0.05, 0) is 66.0 Å². The fourth-order valence-electron chi connectivity index (χ4n) is 5.53. The standard InChI is InChI=1S/C33H25BrClFIN5O4/c1-18(43)24-16-41(27-10-9-20(13-23(24)27)46-33-38-14-19(34)15-39-33)17-30(44)42-28(11-12-29(42)37)32(45)40-26-8-4-6-22(31(26)36)21-5-2-3-7-25(21)35/h2-10,13-16,28-29H,11-12,17H2,1H3,(H,40,45)/t28-,29-/m0/s1. The summed E-state index contributed by atoms with van der Waals surface area (Å²) in [7, 11) is 0. The number of alkyl halides is 1. The summed E-state index contributed by atoms with van der Waals surface area (Å²) in [5.41, 5.74) is 1.83. The highest BCUT2D eigenvalue weighted by molar-refractivity contribution is 14.1. The number of hydrogen-bond donors (Lipinski definition) is 1. The lowest BCUT2D eigenvalue weighted by atomic mass is 10.0. The summed E-state index contributed by atoms with van der Waals surface area (Å²) >= 11 is 11.7. The molecule has 1 N–H and O–H groups in total. The van der Waals surface area contributed by atoms with E-state index < -0.39 is 17.8 Å². The predicted octanol–water partition coefficient (Wildman–Crippen LogP) is 8.04. The van der Waals surface area contributed by atoms with Gasteiger partial charge >= 0.3 is 6.01 Å². The first kappa shape index (κ1) is 32.1. The zero-order valence-electron chi connectivity index (χ0n) is 24.2. The highest BCUT2D eigenvalue weighted by atomic mass is 127. The van der Waals surface area contributed by atoms with E-state index in [1.165, 1.54) is 17.9 Å². The number of nitrogens with zero attached hydrogens (tertiary/aromatic N) is 4. The Morgan fingerprint density at radius 3 is 2.54 bits per heavy atom. The third-order valence-corrected chi connectivity index (χ3v) is 9.63. The van der Waals surface area contributed by atoms with E-state index in [1.54, 1.807) is 77.8 Å². The van der Waals surface area contributed by atoms with Gasteiger partial charge in [0.15, 0.2) is 11.6 Å². The van der Waals surface area contributed by atoms with Crippen molar-refractivity contribution in [3.8, 4) is 22.9 Å². The fraction of sp³-hybridized carbons (Fsp3) is 0.182. The molecule has 9 nitrogen and oxygen atoms in total. The Labute approximate surface area is 290 Å². The van der Waals surface area contributed by atoms with Gasteiger partial charge in [-0.2, -0.15) is 0 Å². The maximum absolute atomic E-state index is 15.6. The second kappa shape index (κ2) is 13.5. The van der Waals surface area contributed by atoms with Crippen molar-refractivity contribution >= 4 is 84.3 Å². The molecule has 6 rings (SSSR count). The number of ether oxygens (including phenoxy) is 1. The van der Waals surface area contributed by atoms with E-state index in [4.69, 9.17) is 16.3 Å². The van der Waals surface area contributed by atoms with Crippen LogP contribution in [0, 0.1) is 5.82 Å². The van der Waals surface area contributed by atoms with Gasteiger partial charge in [-0.25, -0.2) is 14.4 Å². The van der Waals surface area contributed by atoms with Gasteiger partial charge in [0.2, 0.25) is 11.8 Å². The van der Waals surface area contributed by atoms with E-state index in [-0.39, 0.29) is 39.5 Å². The number of aromatic nitrogens is 3. The van der Waals surface area contributed by atoms with Gasteiger partial charge in [0.1, 0.15) is 18.3 Å². The van der Waals surface area contributed by atoms with Crippen LogP contribution in [0.15, 0.2) is 83.7 Å². The van der Waals surface area contributed by atoms with Crippen LogP contribution in [0.1, 0.15) is 30.1 Å². The van der Waals surface area contributed by atoms with Gasteiger partial charge in [-0.1, -0.05) is 64.5 Å². The van der Waals surface area contributed by atoms with Crippen molar-refractivity contribution < 1.29 is 23.5 Å². The van der Waals surface area contributed by atoms with Crippen molar-refractivity contribution in [1.82, 2.24) is 19.4 Å². The number of fused-ring (bicyclic) bond motifs is 1. The summed E-state index contributed by atoms with van der Waals surface area (Å²) in [6, 6.07) is 16.1. The molecule has 0 bridgehead atoms. The Morgan fingerprint density at radius 2 is 1.80 bits per heavy atom. The molecule has 2 amide bonds. The van der Waals surface area contributed by atoms with Crippen molar-refractivity contribution in [2.24, 2.45) is 0 Å². The van der Waals surface area contributed by atoms with Crippen LogP contribution in [0.25, 0.3) is 22.0 Å². The van der Waals surface area contributed by atoms with Crippen LogP contribution in [0.3, 0.4) is 0 Å². The molecular weight excluding hydrogens is 792 g/mol. The minimum atomic E-state index is -0.808. The maximum Gasteiger partial charge on any atom is 0.321 e. The Hall–Kier alpha value is -3.88. The molecule has 234 valence electrons. The molecule has 3 aromatic carbocycles. The minimum absolute atomic E-state index is 0.000732. The zero-order valence-corrected chi connectivity index (χ0v) is 28.7. The number of carbonyl (C=O) groups is 3. The summed E-state index contributed by atoms with van der Waals surface area (Å²) < 4.78 is 23.5. The highest BCUT2D eigenvalue weighted by Crippen LogP contribution is 2.35. The number of ketones is 1. The van der Waals surface area contributed by atoms with Crippen molar-refractivity contribution in [3.63, 3.8) is 0 Å². The summed E-state index contributed by atoms with van der Waals surface area (Å²) in [6.07, 6.45) is 5.76. The van der Waals surface area contributed by atoms with Crippen LogP contribution in [-0.4, -0.2) is 47.1 Å². The smallest absolute Gasteiger partial charge is 0.321 e. The van der Waals surface area contributed by atoms with Crippen molar-refractivity contribution in [2.45, 2.75) is 36.4 Å². The predicted molar refractivity (Wildman–Crippen MR) is 185 cm³/mol. The molecular formula is C33H25BrClFIN5O4. The van der Waals surface area contributed by atoms with Crippen LogP contribution >= 0.6 is 50.1 Å². The van der Waals surface area contributed by atoms with Gasteiger partial charge in [-0.15, -0.1) is 0 Å². The minimum Gasteiger partial charge on any atom is -0.424 e. The number of amides is 2. The van der Waals surface area contributed by atoms with Gasteiger partial charge in [0.25, 0.3) is 0 Å². The molecule has 13 heteroatoms. The van der Waals surface area contributed by atoms with Crippen LogP contribution in [0.5, 0.6) is 11.8 Å². The Balaban J connectivity index is 1.23. The lowest BCUT2D eigenvalue weighted by molar-refractivity contribution is -0.137. The average Bonchev–Trinajstić information content (AvgIpc) is 3.60. The van der Waals surface area contributed by atoms with Crippen LogP contribution in [0.2, 0.25) is 5.02 Å². The molecule has 2 atom stereocenters. The molecule has 0 saturated carbocycles. The topological polar surface area (TPSA) is 106 Å². The second-order valence-corrected chi connectivity index (χ2v) is 13.4. The first-order chi connectivity index (χ1) is 22.1. The van der Waals surface area contributed by atoms with Crippen LogP contribution in [-0.2, 0) is 16.1 Å². The van der Waals surface area contributed by atoms with Crippen molar-refractivity contribution in [1.29, 1.82) is 0 Å². The second-order valence-electron chi connectivity index (χ2n) is 10.7. The molecule has 0 aliphatic carbocycles. The Kier molecular flexibility index (Phi) is 9.39. The average molecular weight is 817 g/mol. The number of Topliss-reactive ketones (excluding diaryl/α,β-unsaturated/α-hetero) is 1. The summed E-state index contributed by atoms with van der Waals surface area (Å²) in [5, 5.41) is 3.69. The molecule has 1 fully saturated rings. The summed E-state index contributed by atoms with van der Waals surface area (Å²) in [6.45, 7) is 1.34. The number of rotatable bonds is 8. The van der Waals surface area contributed by atoms with Crippen LogP contribution < -0.4 is 10.1 Å². The molecule has 1 aliphatic heterocycles. The number of benzene rings is 3. The fourth-order valence-corrected chi connectivity index (χ4v) is 7.03. The van der Waals surface area contributed by atoms with E-state index in [0.29, 0.717) is 50.1 Å². The number of anilines is 1. The van der Waals surface area contributed by atoms with E-state index in [2.05, 4.69) is 53.8 Å². The van der Waals surface area contributed by atoms with Crippen molar-refractivity contribution in [3.05, 3.63) is 100 Å². The normalized spacial score (nSPS) is 16.1. The summed E-state index contributed by atoms with van der Waals surface area (Å²) in [4.78, 5) is 49.7. The lowest BCUT2D eigenvalue weighted by Crippen LogP contribution is -2.46. The first-order valence-electron chi connectivity index (χ1n) is 14.2. The lowest BCUT2D eigenvalue weighted by Gasteiger charge is -2.27. The molecule has 2 aromatic heterocycles. The van der Waals surface area contributed by atoms with Gasteiger partial charge in [-0.3, -0.25) is 14.4 Å². The molecule has 0 spiro atoms. The maximum atomic E-state index is 15.6. The quantitative estimate of drug-likeness (QED) is 0.0736. The Morgan fingerprint density at radius 1 is 1.07 bits per heavy atom.